The summed E-state index contributed by atoms with van der Waals surface area (Å²) in [6, 6.07) is 13.2. The average molecular weight is 225 g/mol. The molecule has 1 aromatic heterocycles. The van der Waals surface area contributed by atoms with Crippen molar-refractivity contribution in [2.45, 2.75) is 5.92 Å². The summed E-state index contributed by atoms with van der Waals surface area (Å²) in [4.78, 5) is 0. The quantitative estimate of drug-likeness (QED) is 0.803. The van der Waals surface area contributed by atoms with Crippen molar-refractivity contribution in [2.24, 2.45) is 0 Å². The molecule has 1 unspecified atom stereocenters. The third-order valence-electron chi connectivity index (χ3n) is 2.47. The molecule has 0 fully saturated rings. The van der Waals surface area contributed by atoms with Crippen molar-refractivity contribution in [3.8, 4) is 11.8 Å². The molecule has 0 aliphatic rings. The number of ether oxygens (including phenoxy) is 1. The first-order valence-electron chi connectivity index (χ1n) is 5.16. The van der Waals surface area contributed by atoms with Crippen molar-refractivity contribution < 1.29 is 4.74 Å². The first-order chi connectivity index (χ1) is 8.35. The van der Waals surface area contributed by atoms with Crippen molar-refractivity contribution in [3.05, 3.63) is 53.9 Å². The van der Waals surface area contributed by atoms with Crippen molar-refractivity contribution in [2.75, 3.05) is 7.11 Å². The van der Waals surface area contributed by atoms with E-state index < -0.39 is 5.92 Å². The van der Waals surface area contributed by atoms with Crippen LogP contribution < -0.4 is 4.74 Å². The van der Waals surface area contributed by atoms with Crippen LogP contribution in [0.15, 0.2) is 42.6 Å². The lowest BCUT2D eigenvalue weighted by Gasteiger charge is -2.08. The molecule has 0 aliphatic heterocycles. The Hall–Kier alpha value is -2.41. The zero-order chi connectivity index (χ0) is 12.1. The molecule has 4 nitrogen and oxygen atoms in total. The summed E-state index contributed by atoms with van der Waals surface area (Å²) in [5.74, 6) is 0.374. The van der Waals surface area contributed by atoms with E-state index in [1.807, 2.05) is 24.3 Å². The van der Waals surface area contributed by atoms with E-state index in [1.54, 1.807) is 25.4 Å². The number of benzene rings is 1. The number of nitriles is 1. The van der Waals surface area contributed by atoms with Gasteiger partial charge in [0.25, 0.3) is 0 Å². The van der Waals surface area contributed by atoms with Gasteiger partial charge in [-0.25, -0.2) is 0 Å². The van der Waals surface area contributed by atoms with Gasteiger partial charge in [0.05, 0.1) is 18.9 Å². The average Bonchev–Trinajstić information content (AvgIpc) is 2.42. The second kappa shape index (κ2) is 5.08. The van der Waals surface area contributed by atoms with Crippen molar-refractivity contribution in [1.82, 2.24) is 10.2 Å². The van der Waals surface area contributed by atoms with E-state index in [0.717, 1.165) is 11.3 Å². The maximum absolute atomic E-state index is 9.21. The van der Waals surface area contributed by atoms with Gasteiger partial charge in [-0.05, 0) is 29.8 Å². The Kier molecular flexibility index (Phi) is 3.31. The normalized spacial score (nSPS) is 11.5. The van der Waals surface area contributed by atoms with Gasteiger partial charge in [0.15, 0.2) is 0 Å². The van der Waals surface area contributed by atoms with Gasteiger partial charge in [-0.3, -0.25) is 0 Å². The lowest BCUT2D eigenvalue weighted by atomic mass is 9.97. The number of hydrogen-bond donors (Lipinski definition) is 0. The minimum atomic E-state index is -0.394. The van der Waals surface area contributed by atoms with Crippen LogP contribution in [0.1, 0.15) is 17.2 Å². The molecule has 0 amide bonds. The Morgan fingerprint density at radius 3 is 2.53 bits per heavy atom. The molecule has 1 heterocycles. The summed E-state index contributed by atoms with van der Waals surface area (Å²) in [6.07, 6.45) is 1.59. The van der Waals surface area contributed by atoms with Crippen LogP contribution >= 0.6 is 0 Å². The van der Waals surface area contributed by atoms with Gasteiger partial charge in [-0.2, -0.15) is 15.5 Å². The predicted molar refractivity (Wildman–Crippen MR) is 62.5 cm³/mol. The molecule has 0 bridgehead atoms. The van der Waals surface area contributed by atoms with E-state index in [1.165, 1.54) is 0 Å². The molecule has 0 spiro atoms. The highest BCUT2D eigenvalue weighted by molar-refractivity contribution is 5.37. The highest BCUT2D eigenvalue weighted by Gasteiger charge is 2.14. The molecule has 2 rings (SSSR count). The molecule has 0 radical (unpaired) electrons. The van der Waals surface area contributed by atoms with Gasteiger partial charge in [-0.15, -0.1) is 0 Å². The Bertz CT molecular complexity index is 517. The third kappa shape index (κ3) is 2.40. The monoisotopic (exact) mass is 225 g/mol. The summed E-state index contributed by atoms with van der Waals surface area (Å²) < 4.78 is 5.08. The van der Waals surface area contributed by atoms with Gasteiger partial charge in [0.1, 0.15) is 11.7 Å². The Morgan fingerprint density at radius 1 is 1.24 bits per heavy atom. The standard InChI is InChI=1S/C13H11N3O/c1-17-11-6-4-10(5-7-11)12(9-14)13-3-2-8-15-16-13/h2-8,12H,1H3. The predicted octanol–water partition coefficient (Wildman–Crippen LogP) is 2.14. The highest BCUT2D eigenvalue weighted by Crippen LogP contribution is 2.23. The van der Waals surface area contributed by atoms with Crippen LogP contribution in [0.2, 0.25) is 0 Å². The van der Waals surface area contributed by atoms with Gasteiger partial charge >= 0.3 is 0 Å². The fourth-order valence-electron chi connectivity index (χ4n) is 1.58. The van der Waals surface area contributed by atoms with E-state index in [-0.39, 0.29) is 0 Å². The van der Waals surface area contributed by atoms with Crippen LogP contribution in [-0.4, -0.2) is 17.3 Å². The summed E-state index contributed by atoms with van der Waals surface area (Å²) in [5, 5.41) is 17.0. The van der Waals surface area contributed by atoms with E-state index in [4.69, 9.17) is 4.74 Å². The number of methoxy groups -OCH3 is 1. The second-order valence-electron chi connectivity index (χ2n) is 3.48. The molecular formula is C13H11N3O. The SMILES string of the molecule is COc1ccc(C(C#N)c2cccnn2)cc1. The second-order valence-corrected chi connectivity index (χ2v) is 3.48. The third-order valence-corrected chi connectivity index (χ3v) is 2.47. The molecule has 0 N–H and O–H groups in total. The van der Waals surface area contributed by atoms with Crippen LogP contribution in [0.3, 0.4) is 0 Å². The van der Waals surface area contributed by atoms with Crippen molar-refractivity contribution in [3.63, 3.8) is 0 Å². The lowest BCUT2D eigenvalue weighted by Crippen LogP contribution is -2.01. The first kappa shape index (κ1) is 11.1. The van der Waals surface area contributed by atoms with E-state index in [9.17, 15) is 5.26 Å². The molecule has 4 heteroatoms. The number of nitrogens with zero attached hydrogens (tertiary/aromatic N) is 3. The summed E-state index contributed by atoms with van der Waals surface area (Å²) in [5.41, 5.74) is 1.54. The molecule has 17 heavy (non-hydrogen) atoms. The van der Waals surface area contributed by atoms with Gasteiger partial charge in [0.2, 0.25) is 0 Å². The number of hydrogen-bond acceptors (Lipinski definition) is 4. The smallest absolute Gasteiger partial charge is 0.118 e. The Balaban J connectivity index is 2.33. The Morgan fingerprint density at radius 2 is 2.00 bits per heavy atom. The molecule has 1 aromatic carbocycles. The topological polar surface area (TPSA) is 58.8 Å². The number of aromatic nitrogens is 2. The van der Waals surface area contributed by atoms with Crippen molar-refractivity contribution in [1.29, 1.82) is 5.26 Å². The van der Waals surface area contributed by atoms with Crippen LogP contribution in [0.25, 0.3) is 0 Å². The molecule has 2 aromatic rings. The van der Waals surface area contributed by atoms with E-state index in [0.29, 0.717) is 5.69 Å². The maximum Gasteiger partial charge on any atom is 0.118 e. The molecule has 1 atom stereocenters. The largest absolute Gasteiger partial charge is 0.497 e. The zero-order valence-corrected chi connectivity index (χ0v) is 9.37. The lowest BCUT2D eigenvalue weighted by molar-refractivity contribution is 0.414. The van der Waals surface area contributed by atoms with E-state index >= 15 is 0 Å². The van der Waals surface area contributed by atoms with Crippen LogP contribution in [-0.2, 0) is 0 Å². The van der Waals surface area contributed by atoms with Gasteiger partial charge in [-0.1, -0.05) is 12.1 Å². The summed E-state index contributed by atoms with van der Waals surface area (Å²) in [7, 11) is 1.61. The van der Waals surface area contributed by atoms with Crippen molar-refractivity contribution >= 4 is 0 Å². The fourth-order valence-corrected chi connectivity index (χ4v) is 1.58. The molecule has 0 aliphatic carbocycles. The maximum atomic E-state index is 9.21. The Labute approximate surface area is 99.5 Å². The minimum Gasteiger partial charge on any atom is -0.497 e. The van der Waals surface area contributed by atoms with Gasteiger partial charge in [0, 0.05) is 6.20 Å². The van der Waals surface area contributed by atoms with Crippen LogP contribution in [0, 0.1) is 11.3 Å². The minimum absolute atomic E-state index is 0.394. The van der Waals surface area contributed by atoms with Gasteiger partial charge < -0.3 is 4.74 Å². The molecule has 84 valence electrons. The highest BCUT2D eigenvalue weighted by atomic mass is 16.5. The zero-order valence-electron chi connectivity index (χ0n) is 9.37. The van der Waals surface area contributed by atoms with Crippen LogP contribution in [0.5, 0.6) is 5.75 Å². The molecule has 0 saturated heterocycles. The van der Waals surface area contributed by atoms with E-state index in [2.05, 4.69) is 16.3 Å². The molecular weight excluding hydrogens is 214 g/mol. The van der Waals surface area contributed by atoms with Crippen LogP contribution in [0.4, 0.5) is 0 Å². The fraction of sp³-hybridized carbons (Fsp3) is 0.154. The summed E-state index contributed by atoms with van der Waals surface area (Å²) >= 11 is 0. The first-order valence-corrected chi connectivity index (χ1v) is 5.16. The number of rotatable bonds is 3. The summed E-state index contributed by atoms with van der Waals surface area (Å²) in [6.45, 7) is 0. The molecule has 0 saturated carbocycles.